The molecule has 2 aromatic rings. The second-order valence-corrected chi connectivity index (χ2v) is 7.39. The van der Waals surface area contributed by atoms with Crippen LogP contribution in [0.3, 0.4) is 0 Å². The third-order valence-corrected chi connectivity index (χ3v) is 4.94. The van der Waals surface area contributed by atoms with Crippen molar-refractivity contribution in [1.82, 2.24) is 4.98 Å². The molecule has 0 saturated carbocycles. The molecule has 12 heteroatoms. The van der Waals surface area contributed by atoms with Crippen molar-refractivity contribution in [3.63, 3.8) is 0 Å². The average Bonchev–Trinajstić information content (AvgIpc) is 2.68. The fraction of sp³-hybridized carbons (Fsp3) is 0.350. The lowest BCUT2D eigenvalue weighted by Gasteiger charge is -2.36. The van der Waals surface area contributed by atoms with Crippen LogP contribution in [0, 0.1) is 18.6 Å². The number of ether oxygens (including phenoxy) is 2. The van der Waals surface area contributed by atoms with E-state index in [-0.39, 0.29) is 11.4 Å². The van der Waals surface area contributed by atoms with Gasteiger partial charge in [0.15, 0.2) is 17.7 Å². The zero-order chi connectivity index (χ0) is 23.8. The van der Waals surface area contributed by atoms with Crippen LogP contribution >= 0.6 is 0 Å². The number of alkyl halides is 3. The smallest absolute Gasteiger partial charge is 0.425 e. The molecule has 32 heavy (non-hydrogen) atoms. The number of aromatic nitrogens is 1. The number of pyridine rings is 1. The van der Waals surface area contributed by atoms with E-state index in [0.717, 1.165) is 6.07 Å². The van der Waals surface area contributed by atoms with Crippen LogP contribution in [0.25, 0.3) is 0 Å². The van der Waals surface area contributed by atoms with Crippen molar-refractivity contribution in [2.45, 2.75) is 38.1 Å². The SMILES string of the molecule is COc1cnc(C(=O)Nc2cc(F)c(F)c([C@@]3(C)C[C@@H](C(F)(F)F)OC(N)=N3)c2)c(C)c1. The van der Waals surface area contributed by atoms with E-state index in [2.05, 4.69) is 20.0 Å². The van der Waals surface area contributed by atoms with Gasteiger partial charge in [-0.05, 0) is 31.5 Å². The van der Waals surface area contributed by atoms with Gasteiger partial charge in [0.25, 0.3) is 11.9 Å². The van der Waals surface area contributed by atoms with Crippen LogP contribution in [0.1, 0.15) is 35.0 Å². The number of rotatable bonds is 4. The quantitative estimate of drug-likeness (QED) is 0.679. The van der Waals surface area contributed by atoms with Gasteiger partial charge in [-0.2, -0.15) is 13.2 Å². The van der Waals surface area contributed by atoms with Gasteiger partial charge in [0, 0.05) is 23.7 Å². The van der Waals surface area contributed by atoms with Crippen molar-refractivity contribution < 1.29 is 36.2 Å². The molecule has 0 radical (unpaired) electrons. The van der Waals surface area contributed by atoms with Gasteiger partial charge >= 0.3 is 6.18 Å². The van der Waals surface area contributed by atoms with E-state index in [1.54, 1.807) is 13.0 Å². The van der Waals surface area contributed by atoms with Crippen molar-refractivity contribution in [3.05, 3.63) is 52.9 Å². The molecule has 2 heterocycles. The van der Waals surface area contributed by atoms with Crippen LogP contribution in [0.2, 0.25) is 0 Å². The van der Waals surface area contributed by atoms with Crippen LogP contribution in [0.4, 0.5) is 27.6 Å². The standard InChI is InChI=1S/C20H19F5N4O3/c1-9-4-11(31-3)8-27-16(9)17(30)28-10-5-12(15(22)13(21)6-10)19(2)7-14(20(23,24)25)32-18(26)29-19/h4-6,8,14H,7H2,1-3H3,(H2,26,29)(H,28,30)/t14-,19+/m0/s1. The Balaban J connectivity index is 1.98. The predicted molar refractivity (Wildman–Crippen MR) is 104 cm³/mol. The number of amidine groups is 1. The summed E-state index contributed by atoms with van der Waals surface area (Å²) >= 11 is 0. The number of benzene rings is 1. The molecule has 2 atom stereocenters. The Bertz CT molecular complexity index is 1090. The minimum Gasteiger partial charge on any atom is -0.495 e. The molecule has 1 aliphatic heterocycles. The van der Waals surface area contributed by atoms with Crippen molar-refractivity contribution in [3.8, 4) is 5.75 Å². The summed E-state index contributed by atoms with van der Waals surface area (Å²) in [5.41, 5.74) is 3.20. The van der Waals surface area contributed by atoms with Crippen molar-refractivity contribution in [2.24, 2.45) is 10.7 Å². The van der Waals surface area contributed by atoms with Crippen LogP contribution < -0.4 is 15.8 Å². The molecule has 1 aliphatic rings. The number of anilines is 1. The lowest BCUT2D eigenvalue weighted by Crippen LogP contribution is -2.46. The van der Waals surface area contributed by atoms with E-state index in [1.807, 2.05) is 0 Å². The van der Waals surface area contributed by atoms with Gasteiger partial charge in [-0.3, -0.25) is 4.79 Å². The molecular formula is C20H19F5N4O3. The summed E-state index contributed by atoms with van der Waals surface area (Å²) in [6.07, 6.45) is -6.71. The predicted octanol–water partition coefficient (Wildman–Crippen LogP) is 3.81. The van der Waals surface area contributed by atoms with Crippen LogP contribution in [-0.2, 0) is 10.3 Å². The molecule has 172 valence electrons. The van der Waals surface area contributed by atoms with Crippen molar-refractivity contribution >= 4 is 17.6 Å². The molecule has 3 rings (SSSR count). The van der Waals surface area contributed by atoms with Gasteiger partial charge in [-0.25, -0.2) is 18.8 Å². The summed E-state index contributed by atoms with van der Waals surface area (Å²) in [4.78, 5) is 20.3. The van der Waals surface area contributed by atoms with E-state index < -0.39 is 53.4 Å². The molecule has 1 aromatic heterocycles. The normalized spacial score (nSPS) is 20.9. The van der Waals surface area contributed by atoms with Gasteiger partial charge in [0.1, 0.15) is 11.4 Å². The Kier molecular flexibility index (Phi) is 5.98. The monoisotopic (exact) mass is 458 g/mol. The van der Waals surface area contributed by atoms with Gasteiger partial charge < -0.3 is 20.5 Å². The first-order valence-electron chi connectivity index (χ1n) is 9.24. The summed E-state index contributed by atoms with van der Waals surface area (Å²) in [6.45, 7) is 2.76. The lowest BCUT2D eigenvalue weighted by atomic mass is 9.85. The summed E-state index contributed by atoms with van der Waals surface area (Å²) in [6, 6.07) is 2.45. The summed E-state index contributed by atoms with van der Waals surface area (Å²) in [5.74, 6) is -3.13. The topological polar surface area (TPSA) is 98.8 Å². The second-order valence-electron chi connectivity index (χ2n) is 7.39. The summed E-state index contributed by atoms with van der Waals surface area (Å²) < 4.78 is 78.1. The number of nitrogens with one attached hydrogen (secondary N) is 1. The zero-order valence-corrected chi connectivity index (χ0v) is 17.2. The maximum absolute atomic E-state index is 14.6. The van der Waals surface area contributed by atoms with E-state index in [0.29, 0.717) is 17.4 Å². The molecule has 3 N–H and O–H groups in total. The number of halogens is 5. The fourth-order valence-electron chi connectivity index (χ4n) is 3.36. The van der Waals surface area contributed by atoms with E-state index in [9.17, 15) is 26.7 Å². The molecule has 1 aromatic carbocycles. The summed E-state index contributed by atoms with van der Waals surface area (Å²) in [7, 11) is 1.43. The van der Waals surface area contributed by atoms with E-state index in [1.165, 1.54) is 20.2 Å². The molecule has 0 fully saturated rings. The minimum atomic E-state index is -4.81. The molecule has 1 amide bonds. The number of hydrogen-bond donors (Lipinski definition) is 2. The number of methoxy groups -OCH3 is 1. The van der Waals surface area contributed by atoms with Crippen LogP contribution in [-0.4, -0.2) is 36.3 Å². The Labute approximate surface area is 179 Å². The van der Waals surface area contributed by atoms with Crippen LogP contribution in [0.15, 0.2) is 29.4 Å². The van der Waals surface area contributed by atoms with E-state index in [4.69, 9.17) is 10.5 Å². The summed E-state index contributed by atoms with van der Waals surface area (Å²) in [5, 5.41) is 2.37. The van der Waals surface area contributed by atoms with Crippen molar-refractivity contribution in [1.29, 1.82) is 0 Å². The highest BCUT2D eigenvalue weighted by Crippen LogP contribution is 2.41. The van der Waals surface area contributed by atoms with Crippen molar-refractivity contribution in [2.75, 3.05) is 12.4 Å². The first kappa shape index (κ1) is 23.2. The fourth-order valence-corrected chi connectivity index (χ4v) is 3.36. The van der Waals surface area contributed by atoms with Gasteiger partial charge in [-0.1, -0.05) is 0 Å². The Morgan fingerprint density at radius 1 is 1.31 bits per heavy atom. The van der Waals surface area contributed by atoms with Gasteiger partial charge in [0.05, 0.1) is 18.8 Å². The van der Waals surface area contributed by atoms with Gasteiger partial charge in [-0.15, -0.1) is 0 Å². The molecule has 0 saturated heterocycles. The first-order chi connectivity index (χ1) is 14.8. The number of nitrogens with zero attached hydrogens (tertiary/aromatic N) is 2. The molecular weight excluding hydrogens is 439 g/mol. The number of hydrogen-bond acceptors (Lipinski definition) is 6. The van der Waals surface area contributed by atoms with Gasteiger partial charge in [0.2, 0.25) is 0 Å². The maximum atomic E-state index is 14.6. The van der Waals surface area contributed by atoms with E-state index >= 15 is 0 Å². The largest absolute Gasteiger partial charge is 0.495 e. The minimum absolute atomic E-state index is 0.00578. The third kappa shape index (κ3) is 4.58. The molecule has 0 spiro atoms. The Morgan fingerprint density at radius 3 is 2.59 bits per heavy atom. The number of aliphatic imine (C=N–C) groups is 1. The lowest BCUT2D eigenvalue weighted by molar-refractivity contribution is -0.208. The molecule has 0 unspecified atom stereocenters. The number of amides is 1. The zero-order valence-electron chi connectivity index (χ0n) is 17.2. The molecule has 0 aliphatic carbocycles. The average molecular weight is 458 g/mol. The number of nitrogens with two attached hydrogens (primary N) is 1. The van der Waals surface area contributed by atoms with Crippen LogP contribution in [0.5, 0.6) is 5.75 Å². The maximum Gasteiger partial charge on any atom is 0.425 e. The highest BCUT2D eigenvalue weighted by atomic mass is 19.4. The number of carbonyl (C=O) groups is 1. The molecule has 7 nitrogen and oxygen atoms in total. The first-order valence-corrected chi connectivity index (χ1v) is 9.24. The highest BCUT2D eigenvalue weighted by Gasteiger charge is 2.50. The second kappa shape index (κ2) is 8.24. The molecule has 0 bridgehead atoms. The highest BCUT2D eigenvalue weighted by molar-refractivity contribution is 6.03. The number of carbonyl (C=O) groups excluding carboxylic acids is 1. The third-order valence-electron chi connectivity index (χ3n) is 4.94. The Morgan fingerprint density at radius 2 is 2.00 bits per heavy atom. The Hall–Kier alpha value is -3.44. The number of aryl methyl sites for hydroxylation is 1.